The predicted octanol–water partition coefficient (Wildman–Crippen LogP) is 2.28. The first-order valence-electron chi connectivity index (χ1n) is 6.11. The van der Waals surface area contributed by atoms with Crippen molar-refractivity contribution in [2.75, 3.05) is 32.7 Å². The molecule has 1 rings (SSSR count). The van der Waals surface area contributed by atoms with E-state index in [0.717, 1.165) is 45.4 Å². The van der Waals surface area contributed by atoms with Crippen molar-refractivity contribution in [1.29, 1.82) is 0 Å². The maximum absolute atomic E-state index is 11.7. The normalized spacial score (nSPS) is 17.4. The number of hydrogen-bond acceptors (Lipinski definition) is 2. The van der Waals surface area contributed by atoms with Crippen LogP contribution >= 0.6 is 11.6 Å². The molecule has 0 saturated carbocycles. The summed E-state index contributed by atoms with van der Waals surface area (Å²) in [5.74, 6) is 1.52. The van der Waals surface area contributed by atoms with Crippen molar-refractivity contribution in [3.63, 3.8) is 0 Å². The van der Waals surface area contributed by atoms with Crippen LogP contribution in [-0.2, 0) is 9.53 Å². The molecule has 0 unspecified atom stereocenters. The molecule has 1 aliphatic rings. The lowest BCUT2D eigenvalue weighted by molar-refractivity contribution is -0.131. The Morgan fingerprint density at radius 1 is 1.38 bits per heavy atom. The second kappa shape index (κ2) is 7.91. The smallest absolute Gasteiger partial charge is 0.222 e. The fourth-order valence-corrected chi connectivity index (χ4v) is 2.17. The molecule has 16 heavy (non-hydrogen) atoms. The highest BCUT2D eigenvalue weighted by atomic mass is 35.5. The van der Waals surface area contributed by atoms with Gasteiger partial charge < -0.3 is 9.64 Å². The van der Waals surface area contributed by atoms with E-state index < -0.39 is 0 Å². The van der Waals surface area contributed by atoms with Crippen molar-refractivity contribution >= 4 is 17.5 Å². The van der Waals surface area contributed by atoms with Crippen molar-refractivity contribution in [1.82, 2.24) is 4.90 Å². The van der Waals surface area contributed by atoms with E-state index >= 15 is 0 Å². The Kier molecular flexibility index (Phi) is 6.81. The number of carbonyl (C=O) groups excluding carboxylic acids is 1. The summed E-state index contributed by atoms with van der Waals surface area (Å²) in [6.07, 6.45) is 4.63. The van der Waals surface area contributed by atoms with E-state index in [4.69, 9.17) is 16.3 Å². The number of rotatable bonds is 6. The topological polar surface area (TPSA) is 29.5 Å². The maximum Gasteiger partial charge on any atom is 0.222 e. The van der Waals surface area contributed by atoms with Crippen LogP contribution in [0.5, 0.6) is 0 Å². The molecule has 1 heterocycles. The van der Waals surface area contributed by atoms with Gasteiger partial charge in [0.05, 0.1) is 0 Å². The summed E-state index contributed by atoms with van der Waals surface area (Å²) < 4.78 is 5.30. The standard InChI is InChI=1S/C12H22ClNO2/c1-14(12(15)4-2-3-7-13)10-11-5-8-16-9-6-11/h11H,2-10H2,1H3. The number of unbranched alkanes of at least 4 members (excludes halogenated alkanes) is 1. The van der Waals surface area contributed by atoms with Crippen LogP contribution in [0.25, 0.3) is 0 Å². The van der Waals surface area contributed by atoms with Crippen molar-refractivity contribution in [2.24, 2.45) is 5.92 Å². The Hall–Kier alpha value is -0.280. The Morgan fingerprint density at radius 2 is 2.06 bits per heavy atom. The Bertz CT molecular complexity index is 205. The van der Waals surface area contributed by atoms with Crippen LogP contribution in [0, 0.1) is 5.92 Å². The van der Waals surface area contributed by atoms with Gasteiger partial charge in [-0.1, -0.05) is 0 Å². The molecule has 0 atom stereocenters. The summed E-state index contributed by atoms with van der Waals surface area (Å²) in [7, 11) is 1.90. The van der Waals surface area contributed by atoms with Crippen LogP contribution in [0.15, 0.2) is 0 Å². The zero-order valence-corrected chi connectivity index (χ0v) is 10.8. The molecule has 1 fully saturated rings. The van der Waals surface area contributed by atoms with Gasteiger partial charge in [0.1, 0.15) is 0 Å². The van der Waals surface area contributed by atoms with Crippen LogP contribution < -0.4 is 0 Å². The van der Waals surface area contributed by atoms with Crippen LogP contribution in [0.4, 0.5) is 0 Å². The molecule has 0 N–H and O–H groups in total. The SMILES string of the molecule is CN(CC1CCOCC1)C(=O)CCCCCl. The largest absolute Gasteiger partial charge is 0.381 e. The fraction of sp³-hybridized carbons (Fsp3) is 0.917. The number of carbonyl (C=O) groups is 1. The third-order valence-corrected chi connectivity index (χ3v) is 3.34. The summed E-state index contributed by atoms with van der Waals surface area (Å²) in [5, 5.41) is 0. The van der Waals surface area contributed by atoms with E-state index in [1.54, 1.807) is 0 Å². The Balaban J connectivity index is 2.16. The lowest BCUT2D eigenvalue weighted by Gasteiger charge is -2.27. The minimum absolute atomic E-state index is 0.247. The number of amides is 1. The first-order valence-corrected chi connectivity index (χ1v) is 6.65. The first-order chi connectivity index (χ1) is 7.74. The molecule has 0 bridgehead atoms. The highest BCUT2D eigenvalue weighted by Gasteiger charge is 2.18. The molecule has 0 aromatic rings. The number of halogens is 1. The number of alkyl halides is 1. The van der Waals surface area contributed by atoms with E-state index in [1.807, 2.05) is 11.9 Å². The van der Waals surface area contributed by atoms with Gasteiger partial charge in [-0.15, -0.1) is 11.6 Å². The van der Waals surface area contributed by atoms with E-state index in [1.165, 1.54) is 0 Å². The lowest BCUT2D eigenvalue weighted by Crippen LogP contribution is -2.34. The highest BCUT2D eigenvalue weighted by molar-refractivity contribution is 6.17. The summed E-state index contributed by atoms with van der Waals surface area (Å²) in [5.41, 5.74) is 0. The quantitative estimate of drug-likeness (QED) is 0.532. The maximum atomic E-state index is 11.7. The third kappa shape index (κ3) is 5.17. The van der Waals surface area contributed by atoms with Gasteiger partial charge in [0.25, 0.3) is 0 Å². The minimum atomic E-state index is 0.247. The predicted molar refractivity (Wildman–Crippen MR) is 65.8 cm³/mol. The number of nitrogens with zero attached hydrogens (tertiary/aromatic N) is 1. The molecule has 0 aromatic carbocycles. The molecule has 1 saturated heterocycles. The van der Waals surface area contributed by atoms with Crippen molar-refractivity contribution in [2.45, 2.75) is 32.1 Å². The molecule has 4 heteroatoms. The fourth-order valence-electron chi connectivity index (χ4n) is 1.98. The Morgan fingerprint density at radius 3 is 2.69 bits per heavy atom. The third-order valence-electron chi connectivity index (χ3n) is 3.07. The molecule has 0 radical (unpaired) electrons. The molecular formula is C12H22ClNO2. The van der Waals surface area contributed by atoms with Crippen LogP contribution in [-0.4, -0.2) is 43.5 Å². The molecule has 94 valence electrons. The molecule has 0 spiro atoms. The average molecular weight is 248 g/mol. The number of hydrogen-bond donors (Lipinski definition) is 0. The van der Waals surface area contributed by atoms with Gasteiger partial charge in [-0.25, -0.2) is 0 Å². The second-order valence-corrected chi connectivity index (χ2v) is 4.85. The Labute approximate surface area is 103 Å². The van der Waals surface area contributed by atoms with Gasteiger partial charge in [-0.05, 0) is 31.6 Å². The van der Waals surface area contributed by atoms with E-state index in [-0.39, 0.29) is 5.91 Å². The van der Waals surface area contributed by atoms with Crippen LogP contribution in [0.2, 0.25) is 0 Å². The van der Waals surface area contributed by atoms with Gasteiger partial charge >= 0.3 is 0 Å². The summed E-state index contributed by atoms with van der Waals surface area (Å²) in [6.45, 7) is 2.57. The summed E-state index contributed by atoms with van der Waals surface area (Å²) in [6, 6.07) is 0. The zero-order valence-electron chi connectivity index (χ0n) is 10.1. The van der Waals surface area contributed by atoms with Crippen molar-refractivity contribution < 1.29 is 9.53 Å². The van der Waals surface area contributed by atoms with Crippen LogP contribution in [0.1, 0.15) is 32.1 Å². The van der Waals surface area contributed by atoms with Gasteiger partial charge in [-0.2, -0.15) is 0 Å². The second-order valence-electron chi connectivity index (χ2n) is 4.48. The monoisotopic (exact) mass is 247 g/mol. The highest BCUT2D eigenvalue weighted by Crippen LogP contribution is 2.16. The van der Waals surface area contributed by atoms with E-state index in [9.17, 15) is 4.79 Å². The molecular weight excluding hydrogens is 226 g/mol. The molecule has 1 amide bonds. The molecule has 0 aliphatic carbocycles. The van der Waals surface area contributed by atoms with E-state index in [0.29, 0.717) is 18.2 Å². The van der Waals surface area contributed by atoms with Gasteiger partial charge in [0.15, 0.2) is 0 Å². The molecule has 3 nitrogen and oxygen atoms in total. The van der Waals surface area contributed by atoms with Crippen LogP contribution in [0.3, 0.4) is 0 Å². The van der Waals surface area contributed by atoms with Gasteiger partial charge in [0.2, 0.25) is 5.91 Å². The minimum Gasteiger partial charge on any atom is -0.381 e. The van der Waals surface area contributed by atoms with Gasteiger partial charge in [-0.3, -0.25) is 4.79 Å². The summed E-state index contributed by atoms with van der Waals surface area (Å²) in [4.78, 5) is 13.6. The average Bonchev–Trinajstić information content (AvgIpc) is 2.30. The lowest BCUT2D eigenvalue weighted by atomic mass is 10.00. The molecule has 1 aliphatic heterocycles. The molecule has 0 aromatic heterocycles. The first kappa shape index (κ1) is 13.8. The van der Waals surface area contributed by atoms with E-state index in [2.05, 4.69) is 0 Å². The summed E-state index contributed by atoms with van der Waals surface area (Å²) >= 11 is 5.58. The van der Waals surface area contributed by atoms with Crippen molar-refractivity contribution in [3.8, 4) is 0 Å². The van der Waals surface area contributed by atoms with Crippen molar-refractivity contribution in [3.05, 3.63) is 0 Å². The zero-order chi connectivity index (χ0) is 11.8. The number of ether oxygens (including phenoxy) is 1. The van der Waals surface area contributed by atoms with Gasteiger partial charge in [0, 0.05) is 39.1 Å².